The number of nitriles is 1. The van der Waals surface area contributed by atoms with Gasteiger partial charge in [-0.1, -0.05) is 10.7 Å². The lowest BCUT2D eigenvalue weighted by molar-refractivity contribution is 0.333. The van der Waals surface area contributed by atoms with Gasteiger partial charge in [-0.15, -0.1) is 0 Å². The highest BCUT2D eigenvalue weighted by Crippen LogP contribution is 2.19. The molecule has 5 nitrogen and oxygen atoms in total. The molecule has 0 aliphatic heterocycles. The maximum Gasteiger partial charge on any atom is 0.330 e. The molecule has 0 aromatic rings. The van der Waals surface area contributed by atoms with Crippen LogP contribution >= 0.6 is 0 Å². The molecule has 1 rings (SSSR count). The number of hydrogen-bond donors (Lipinski definition) is 0. The molecule has 0 unspecified atom stereocenters. The minimum atomic E-state index is -3.61. The zero-order valence-electron chi connectivity index (χ0n) is 10.0. The normalized spacial score (nSPS) is 18.9. The van der Waals surface area contributed by atoms with Crippen LogP contribution in [0.4, 0.5) is 0 Å². The van der Waals surface area contributed by atoms with E-state index in [-0.39, 0.29) is 0 Å². The van der Waals surface area contributed by atoms with Gasteiger partial charge in [0.2, 0.25) is 0 Å². The molecule has 0 fully saturated rings. The Labute approximate surface area is 102 Å². The Hall–Kier alpha value is -1.35. The van der Waals surface area contributed by atoms with Gasteiger partial charge in [-0.2, -0.15) is 13.7 Å². The molecule has 0 aromatic heterocycles. The highest BCUT2D eigenvalue weighted by molar-refractivity contribution is 7.87. The summed E-state index contributed by atoms with van der Waals surface area (Å²) in [5.41, 5.74) is 1.56. The summed E-state index contributed by atoms with van der Waals surface area (Å²) in [5.74, 6) is 0. The summed E-state index contributed by atoms with van der Waals surface area (Å²) in [4.78, 5) is 0. The fourth-order valence-electron chi connectivity index (χ4n) is 1.38. The highest BCUT2D eigenvalue weighted by atomic mass is 32.2. The first kappa shape index (κ1) is 13.7. The second-order valence-electron chi connectivity index (χ2n) is 4.19. The molecule has 0 bridgehead atoms. The largest absolute Gasteiger partial charge is 0.330 e. The van der Waals surface area contributed by atoms with Crippen molar-refractivity contribution in [1.82, 2.24) is 0 Å². The average Bonchev–Trinajstić information content (AvgIpc) is 2.27. The summed E-state index contributed by atoms with van der Waals surface area (Å²) in [6.45, 7) is 3.07. The van der Waals surface area contributed by atoms with Gasteiger partial charge in [-0.05, 0) is 39.2 Å². The molecule has 17 heavy (non-hydrogen) atoms. The topological polar surface area (TPSA) is 79.5 Å². The number of oxime groups is 1. The summed E-state index contributed by atoms with van der Waals surface area (Å²) in [6, 6.07) is 2.07. The van der Waals surface area contributed by atoms with Crippen molar-refractivity contribution in [3.63, 3.8) is 0 Å². The van der Waals surface area contributed by atoms with E-state index < -0.39 is 15.4 Å². The van der Waals surface area contributed by atoms with Crippen LogP contribution in [0.25, 0.3) is 0 Å². The minimum absolute atomic E-state index is 0.357. The third-order valence-corrected chi connectivity index (χ3v) is 3.88. The van der Waals surface area contributed by atoms with Gasteiger partial charge >= 0.3 is 10.1 Å². The summed E-state index contributed by atoms with van der Waals surface area (Å²) < 4.78 is 27.3. The average molecular weight is 256 g/mol. The Balaban J connectivity index is 2.74. The van der Waals surface area contributed by atoms with E-state index in [2.05, 4.69) is 15.5 Å². The first-order chi connectivity index (χ1) is 7.95. The lowest BCUT2D eigenvalue weighted by Crippen LogP contribution is -2.16. The molecule has 0 heterocycles. The molecule has 0 aromatic carbocycles. The minimum Gasteiger partial charge on any atom is -0.268 e. The molecule has 6 heteroatoms. The Morgan fingerprint density at radius 1 is 1.53 bits per heavy atom. The molecule has 0 saturated carbocycles. The van der Waals surface area contributed by atoms with Crippen LogP contribution in [0.3, 0.4) is 0 Å². The zero-order chi connectivity index (χ0) is 12.9. The van der Waals surface area contributed by atoms with Crippen LogP contribution in [0.1, 0.15) is 39.5 Å². The van der Waals surface area contributed by atoms with Crippen LogP contribution in [0, 0.1) is 11.3 Å². The lowest BCUT2D eigenvalue weighted by atomic mass is 9.96. The van der Waals surface area contributed by atoms with Gasteiger partial charge in [0.05, 0.1) is 23.5 Å². The van der Waals surface area contributed by atoms with E-state index in [1.165, 1.54) is 13.8 Å². The first-order valence-electron chi connectivity index (χ1n) is 5.51. The molecule has 0 saturated heterocycles. The highest BCUT2D eigenvalue weighted by Gasteiger charge is 2.18. The molecule has 0 N–H and O–H groups in total. The fraction of sp³-hybridized carbons (Fsp3) is 0.636. The third-order valence-electron chi connectivity index (χ3n) is 2.44. The second kappa shape index (κ2) is 5.82. The number of rotatable bonds is 4. The zero-order valence-corrected chi connectivity index (χ0v) is 10.8. The Morgan fingerprint density at radius 3 is 2.82 bits per heavy atom. The summed E-state index contributed by atoms with van der Waals surface area (Å²) in [5, 5.41) is 11.6. The van der Waals surface area contributed by atoms with Crippen LogP contribution in [0.15, 0.2) is 16.8 Å². The first-order valence-corrected chi connectivity index (χ1v) is 6.98. The van der Waals surface area contributed by atoms with Crippen molar-refractivity contribution in [2.75, 3.05) is 0 Å². The van der Waals surface area contributed by atoms with Crippen molar-refractivity contribution in [3.8, 4) is 6.07 Å². The fourth-order valence-corrected chi connectivity index (χ4v) is 1.75. The smallest absolute Gasteiger partial charge is 0.268 e. The van der Waals surface area contributed by atoms with Crippen LogP contribution in [-0.4, -0.2) is 19.4 Å². The molecule has 0 amide bonds. The van der Waals surface area contributed by atoms with Crippen LogP contribution in [-0.2, 0) is 14.4 Å². The summed E-state index contributed by atoms with van der Waals surface area (Å²) in [6.07, 6.45) is 4.53. The molecular weight excluding hydrogens is 240 g/mol. The third kappa shape index (κ3) is 4.19. The maximum atomic E-state index is 11.4. The Kier molecular flexibility index (Phi) is 4.70. The van der Waals surface area contributed by atoms with Gasteiger partial charge in [0, 0.05) is 0 Å². The monoisotopic (exact) mass is 256 g/mol. The summed E-state index contributed by atoms with van der Waals surface area (Å²) in [7, 11) is -3.61. The molecular formula is C11H16N2O3S. The Morgan fingerprint density at radius 2 is 2.24 bits per heavy atom. The number of allylic oxidation sites excluding steroid dienone is 2. The van der Waals surface area contributed by atoms with E-state index in [1.807, 2.05) is 0 Å². The van der Waals surface area contributed by atoms with E-state index in [9.17, 15) is 8.42 Å². The maximum absolute atomic E-state index is 11.4. The van der Waals surface area contributed by atoms with Crippen LogP contribution in [0.2, 0.25) is 0 Å². The van der Waals surface area contributed by atoms with Crippen molar-refractivity contribution < 1.29 is 12.7 Å². The SMILES string of the molecule is CC(C)S(=O)(=O)ON=C1C=C(CC#N)CCC1. The van der Waals surface area contributed by atoms with Crippen molar-refractivity contribution in [2.24, 2.45) is 5.16 Å². The van der Waals surface area contributed by atoms with Gasteiger partial charge in [0.15, 0.2) is 0 Å². The number of hydrogen-bond acceptors (Lipinski definition) is 5. The van der Waals surface area contributed by atoms with E-state index in [4.69, 9.17) is 5.26 Å². The molecule has 0 spiro atoms. The molecule has 1 aliphatic carbocycles. The van der Waals surface area contributed by atoms with E-state index >= 15 is 0 Å². The van der Waals surface area contributed by atoms with Crippen LogP contribution < -0.4 is 0 Å². The van der Waals surface area contributed by atoms with Crippen molar-refractivity contribution in [3.05, 3.63) is 11.6 Å². The molecule has 0 atom stereocenters. The van der Waals surface area contributed by atoms with E-state index in [0.29, 0.717) is 18.6 Å². The van der Waals surface area contributed by atoms with Crippen molar-refractivity contribution >= 4 is 15.8 Å². The quantitative estimate of drug-likeness (QED) is 0.721. The van der Waals surface area contributed by atoms with E-state index in [0.717, 1.165) is 18.4 Å². The Bertz CT molecular complexity index is 469. The second-order valence-corrected chi connectivity index (χ2v) is 6.27. The summed E-state index contributed by atoms with van der Waals surface area (Å²) >= 11 is 0. The van der Waals surface area contributed by atoms with Crippen molar-refractivity contribution in [2.45, 2.75) is 44.8 Å². The lowest BCUT2D eigenvalue weighted by Gasteiger charge is -2.12. The van der Waals surface area contributed by atoms with E-state index in [1.54, 1.807) is 6.08 Å². The molecule has 1 aliphatic rings. The predicted molar refractivity (Wildman–Crippen MR) is 64.7 cm³/mol. The van der Waals surface area contributed by atoms with Gasteiger partial charge in [0.25, 0.3) is 0 Å². The van der Waals surface area contributed by atoms with Gasteiger partial charge < -0.3 is 0 Å². The standard InChI is InChI=1S/C11H16N2O3S/c1-9(2)17(14,15)16-13-11-5-3-4-10(8-11)6-7-12/h8-9H,3-6H2,1-2H3. The van der Waals surface area contributed by atoms with Gasteiger partial charge in [0.1, 0.15) is 0 Å². The molecule has 94 valence electrons. The van der Waals surface area contributed by atoms with Crippen molar-refractivity contribution in [1.29, 1.82) is 5.26 Å². The van der Waals surface area contributed by atoms with Crippen LogP contribution in [0.5, 0.6) is 0 Å². The van der Waals surface area contributed by atoms with Gasteiger partial charge in [-0.3, -0.25) is 4.28 Å². The molecule has 0 radical (unpaired) electrons. The number of nitrogens with zero attached hydrogens (tertiary/aromatic N) is 2. The van der Waals surface area contributed by atoms with Gasteiger partial charge in [-0.25, -0.2) is 0 Å². The predicted octanol–water partition coefficient (Wildman–Crippen LogP) is 2.12.